The number of aromatic nitrogens is 1. The summed E-state index contributed by atoms with van der Waals surface area (Å²) in [5.74, 6) is -0.873. The Balaban J connectivity index is 1.29. The molecule has 2 aliphatic heterocycles. The van der Waals surface area contributed by atoms with Crippen molar-refractivity contribution in [3.63, 3.8) is 0 Å². The second-order valence-corrected chi connectivity index (χ2v) is 11.1. The third-order valence-corrected chi connectivity index (χ3v) is 7.66. The molecule has 2 saturated heterocycles. The molecule has 8 heteroatoms. The lowest BCUT2D eigenvalue weighted by Crippen LogP contribution is -2.45. The number of fused-ring (bicyclic) bond motifs is 2. The molecule has 200 valence electrons. The van der Waals surface area contributed by atoms with Gasteiger partial charge in [-0.15, -0.1) is 0 Å². The van der Waals surface area contributed by atoms with Gasteiger partial charge in [-0.2, -0.15) is 0 Å². The number of amides is 1. The number of hydrogen-bond acceptors (Lipinski definition) is 5. The summed E-state index contributed by atoms with van der Waals surface area (Å²) < 4.78 is 25.4. The first-order valence-corrected chi connectivity index (χ1v) is 13.1. The Bertz CT molecular complexity index is 1300. The van der Waals surface area contributed by atoms with Gasteiger partial charge in [0.15, 0.2) is 5.69 Å². The van der Waals surface area contributed by atoms with E-state index >= 15 is 0 Å². The van der Waals surface area contributed by atoms with Crippen LogP contribution in [0.1, 0.15) is 72.1 Å². The second kappa shape index (κ2) is 10.7. The Hall–Kier alpha value is -3.52. The zero-order valence-corrected chi connectivity index (χ0v) is 21.7. The van der Waals surface area contributed by atoms with Gasteiger partial charge in [0.25, 0.3) is 5.91 Å². The number of carbonyl (C=O) groups is 2. The van der Waals surface area contributed by atoms with Gasteiger partial charge in [-0.1, -0.05) is 36.4 Å². The zero-order chi connectivity index (χ0) is 26.9. The molecule has 2 N–H and O–H groups in total. The molecule has 2 fully saturated rings. The number of carboxylic acids is 1. The highest BCUT2D eigenvalue weighted by molar-refractivity contribution is 5.92. The number of rotatable bonds is 10. The molecule has 2 aromatic carbocycles. The van der Waals surface area contributed by atoms with Crippen molar-refractivity contribution in [2.24, 2.45) is 5.92 Å². The number of carbonyl (C=O) groups excluding carboxylic acids is 1. The molecule has 5 rings (SSSR count). The third-order valence-electron chi connectivity index (χ3n) is 7.66. The van der Waals surface area contributed by atoms with E-state index < -0.39 is 11.5 Å². The summed E-state index contributed by atoms with van der Waals surface area (Å²) in [5.41, 5.74) is 2.71. The number of ether oxygens (including phenoxy) is 1. The molecule has 2 aliphatic rings. The Morgan fingerprint density at radius 1 is 1.08 bits per heavy atom. The molecule has 2 bridgehead atoms. The quantitative estimate of drug-likeness (QED) is 0.386. The van der Waals surface area contributed by atoms with E-state index in [-0.39, 0.29) is 47.9 Å². The number of nitrogens with zero attached hydrogens (tertiary/aromatic N) is 1. The van der Waals surface area contributed by atoms with Crippen LogP contribution in [0.25, 0.3) is 0 Å². The smallest absolute Gasteiger partial charge is 0.303 e. The molecule has 0 aliphatic carbocycles. The average Bonchev–Trinajstić information content (AvgIpc) is 3.61. The van der Waals surface area contributed by atoms with Gasteiger partial charge in [0.05, 0.1) is 18.1 Å². The van der Waals surface area contributed by atoms with Crippen LogP contribution >= 0.6 is 0 Å². The molecule has 4 unspecified atom stereocenters. The van der Waals surface area contributed by atoms with Crippen molar-refractivity contribution in [2.75, 3.05) is 0 Å². The monoisotopic (exact) mass is 520 g/mol. The molecule has 0 saturated carbocycles. The molecule has 38 heavy (non-hydrogen) atoms. The van der Waals surface area contributed by atoms with Crippen LogP contribution in [0.4, 0.5) is 4.39 Å². The first-order chi connectivity index (χ1) is 18.2. The van der Waals surface area contributed by atoms with Crippen LogP contribution in [-0.4, -0.2) is 39.7 Å². The van der Waals surface area contributed by atoms with Gasteiger partial charge >= 0.3 is 5.97 Å². The van der Waals surface area contributed by atoms with Gasteiger partial charge in [0, 0.05) is 17.9 Å². The maximum absolute atomic E-state index is 13.3. The van der Waals surface area contributed by atoms with Crippen LogP contribution in [-0.2, 0) is 28.8 Å². The molecule has 7 nitrogen and oxygen atoms in total. The number of oxazole rings is 1. The van der Waals surface area contributed by atoms with E-state index in [1.807, 2.05) is 32.0 Å². The molecule has 0 radical (unpaired) electrons. The fraction of sp³-hybridized carbons (Fsp3) is 0.433. The van der Waals surface area contributed by atoms with Crippen molar-refractivity contribution in [3.05, 3.63) is 88.9 Å². The van der Waals surface area contributed by atoms with Crippen molar-refractivity contribution >= 4 is 11.9 Å². The van der Waals surface area contributed by atoms with E-state index in [1.165, 1.54) is 18.4 Å². The highest BCUT2D eigenvalue weighted by Crippen LogP contribution is 2.50. The van der Waals surface area contributed by atoms with E-state index in [0.717, 1.165) is 36.0 Å². The molecule has 1 aromatic heterocycles. The molecular weight excluding hydrogens is 487 g/mol. The summed E-state index contributed by atoms with van der Waals surface area (Å²) >= 11 is 0. The Labute approximate surface area is 221 Å². The maximum Gasteiger partial charge on any atom is 0.303 e. The maximum atomic E-state index is 13.3. The first kappa shape index (κ1) is 26.1. The minimum atomic E-state index is -0.813. The van der Waals surface area contributed by atoms with Crippen molar-refractivity contribution in [1.82, 2.24) is 10.3 Å². The van der Waals surface area contributed by atoms with Gasteiger partial charge in [0.1, 0.15) is 12.1 Å². The second-order valence-electron chi connectivity index (χ2n) is 11.1. The van der Waals surface area contributed by atoms with E-state index in [9.17, 15) is 14.0 Å². The van der Waals surface area contributed by atoms with E-state index in [2.05, 4.69) is 16.4 Å². The highest BCUT2D eigenvalue weighted by atomic mass is 19.1. The number of aryl methyl sites for hydroxylation is 1. The Morgan fingerprint density at radius 2 is 1.79 bits per heavy atom. The summed E-state index contributed by atoms with van der Waals surface area (Å²) in [6.07, 6.45) is 5.19. The number of nitrogens with one attached hydrogen (secondary N) is 1. The fourth-order valence-electron chi connectivity index (χ4n) is 5.95. The van der Waals surface area contributed by atoms with E-state index in [4.69, 9.17) is 14.3 Å². The van der Waals surface area contributed by atoms with Crippen LogP contribution in [0.5, 0.6) is 0 Å². The van der Waals surface area contributed by atoms with E-state index in [1.54, 1.807) is 12.1 Å². The summed E-state index contributed by atoms with van der Waals surface area (Å²) in [5, 5.41) is 12.2. The number of benzene rings is 2. The predicted octanol–water partition coefficient (Wildman–Crippen LogP) is 5.09. The SMILES string of the molecule is CC(C)(Cc1ccc(F)cc1)NC(=O)c1coc(C2C3CCC(O3)C2Cc2ccccc2CCC(=O)O)n1. The summed E-state index contributed by atoms with van der Waals surface area (Å²) in [6, 6.07) is 14.2. The van der Waals surface area contributed by atoms with Gasteiger partial charge in [-0.3, -0.25) is 9.59 Å². The lowest BCUT2D eigenvalue weighted by atomic mass is 9.75. The minimum absolute atomic E-state index is 0.0133. The van der Waals surface area contributed by atoms with Crippen LogP contribution in [0.15, 0.2) is 59.2 Å². The largest absolute Gasteiger partial charge is 0.481 e. The molecule has 3 aromatic rings. The number of halogens is 1. The Morgan fingerprint density at radius 3 is 2.53 bits per heavy atom. The average molecular weight is 521 g/mol. The van der Waals surface area contributed by atoms with Crippen molar-refractivity contribution in [2.45, 2.75) is 76.0 Å². The van der Waals surface area contributed by atoms with Crippen molar-refractivity contribution in [3.8, 4) is 0 Å². The summed E-state index contributed by atoms with van der Waals surface area (Å²) in [4.78, 5) is 28.8. The fourth-order valence-corrected chi connectivity index (χ4v) is 5.95. The van der Waals surface area contributed by atoms with Crippen molar-refractivity contribution in [1.29, 1.82) is 0 Å². The lowest BCUT2D eigenvalue weighted by Gasteiger charge is -2.27. The zero-order valence-electron chi connectivity index (χ0n) is 21.7. The predicted molar refractivity (Wildman–Crippen MR) is 138 cm³/mol. The standard InChI is InChI=1S/C30H33FN2O5/c1-30(2,16-18-7-10-21(31)11-8-18)33-28(36)23-17-37-29(32-23)27-22(24-12-13-25(27)38-24)15-20-6-4-3-5-19(20)9-14-26(34)35/h3-8,10-11,17,22,24-25,27H,9,12-16H2,1-2H3,(H,33,36)(H,34,35). The van der Waals surface area contributed by atoms with Crippen LogP contribution < -0.4 is 5.32 Å². The minimum Gasteiger partial charge on any atom is -0.481 e. The normalized spacial score (nSPS) is 22.5. The lowest BCUT2D eigenvalue weighted by molar-refractivity contribution is -0.136. The summed E-state index contributed by atoms with van der Waals surface area (Å²) in [6.45, 7) is 3.83. The van der Waals surface area contributed by atoms with Crippen LogP contribution in [0.3, 0.4) is 0 Å². The summed E-state index contributed by atoms with van der Waals surface area (Å²) in [7, 11) is 0. The topological polar surface area (TPSA) is 102 Å². The van der Waals surface area contributed by atoms with E-state index in [0.29, 0.717) is 18.7 Å². The molecule has 0 spiro atoms. The van der Waals surface area contributed by atoms with Gasteiger partial charge in [0.2, 0.25) is 5.89 Å². The Kier molecular flexibility index (Phi) is 7.34. The molecular formula is C30H33FN2O5. The van der Waals surface area contributed by atoms with Gasteiger partial charge in [-0.25, -0.2) is 9.37 Å². The highest BCUT2D eigenvalue weighted by Gasteiger charge is 2.51. The third kappa shape index (κ3) is 5.80. The number of aliphatic carboxylic acids is 1. The molecule has 1 amide bonds. The van der Waals surface area contributed by atoms with Gasteiger partial charge in [-0.05, 0) is 74.8 Å². The molecule has 3 heterocycles. The van der Waals surface area contributed by atoms with Crippen LogP contribution in [0.2, 0.25) is 0 Å². The van der Waals surface area contributed by atoms with Crippen molar-refractivity contribution < 1.29 is 28.2 Å². The first-order valence-electron chi connectivity index (χ1n) is 13.1. The van der Waals surface area contributed by atoms with Gasteiger partial charge < -0.3 is 19.6 Å². The molecule has 4 atom stereocenters. The number of carboxylic acid groups (broad SMARTS) is 1. The number of hydrogen-bond donors (Lipinski definition) is 2. The van der Waals surface area contributed by atoms with Crippen LogP contribution in [0, 0.1) is 11.7 Å².